The van der Waals surface area contributed by atoms with Gasteiger partial charge in [-0.15, -0.1) is 0 Å². The predicted octanol–water partition coefficient (Wildman–Crippen LogP) is 7.31. The van der Waals surface area contributed by atoms with Gasteiger partial charge in [0.2, 0.25) is 0 Å². The molecule has 0 bridgehead atoms. The first-order chi connectivity index (χ1) is 26.0. The van der Waals surface area contributed by atoms with Gasteiger partial charge in [-0.2, -0.15) is 16.8 Å². The lowest BCUT2D eigenvalue weighted by atomic mass is 9.74. The molecule has 0 spiro atoms. The van der Waals surface area contributed by atoms with E-state index in [1.54, 1.807) is 0 Å². The molecule has 300 valence electrons. The van der Waals surface area contributed by atoms with E-state index in [0.717, 1.165) is 28.2 Å². The third-order valence-corrected chi connectivity index (χ3v) is 12.3. The van der Waals surface area contributed by atoms with E-state index in [2.05, 4.69) is 35.8 Å². The molecule has 2 aromatic carbocycles. The van der Waals surface area contributed by atoms with Crippen LogP contribution < -0.4 is 9.80 Å². The number of fused-ring (bicyclic) bond motifs is 2. The number of para-hydroxylation sites is 2. The van der Waals surface area contributed by atoms with Crippen molar-refractivity contribution < 1.29 is 45.7 Å². The van der Waals surface area contributed by atoms with E-state index in [9.17, 15) is 45.7 Å². The highest BCUT2D eigenvalue weighted by Gasteiger charge is 2.46. The molecule has 12 nitrogen and oxygen atoms in total. The van der Waals surface area contributed by atoms with Gasteiger partial charge in [0.15, 0.2) is 0 Å². The maximum Gasteiger partial charge on any atom is 0.303 e. The van der Waals surface area contributed by atoms with Gasteiger partial charge in [-0.25, -0.2) is 0 Å². The molecule has 0 fully saturated rings. The van der Waals surface area contributed by atoms with Crippen molar-refractivity contribution in [3.8, 4) is 0 Å². The summed E-state index contributed by atoms with van der Waals surface area (Å²) in [5, 5.41) is 18.7. The molecule has 0 saturated heterocycles. The van der Waals surface area contributed by atoms with Crippen LogP contribution in [0.1, 0.15) is 89.2 Å². The summed E-state index contributed by atoms with van der Waals surface area (Å²) >= 11 is 0. The average Bonchev–Trinajstić information content (AvgIpc) is 3.47. The minimum absolute atomic E-state index is 0.0387. The molecule has 3 unspecified atom stereocenters. The van der Waals surface area contributed by atoms with Crippen molar-refractivity contribution in [1.82, 2.24) is 0 Å². The molecule has 3 atom stereocenters. The van der Waals surface area contributed by atoms with Crippen LogP contribution in [-0.4, -0.2) is 78.7 Å². The molecule has 0 radical (unpaired) electrons. The second-order valence-electron chi connectivity index (χ2n) is 14.8. The highest BCUT2D eigenvalue weighted by atomic mass is 32.2. The summed E-state index contributed by atoms with van der Waals surface area (Å²) < 4.78 is 63.9. The fourth-order valence-corrected chi connectivity index (χ4v) is 9.20. The molecule has 55 heavy (non-hydrogen) atoms. The van der Waals surface area contributed by atoms with E-state index < -0.39 is 43.0 Å². The van der Waals surface area contributed by atoms with Crippen LogP contribution in [0.5, 0.6) is 0 Å². The van der Waals surface area contributed by atoms with E-state index in [4.69, 9.17) is 0 Å². The Balaban J connectivity index is 1.58. The third kappa shape index (κ3) is 11.9. The Labute approximate surface area is 325 Å². The first-order valence-corrected chi connectivity index (χ1v) is 22.0. The van der Waals surface area contributed by atoms with Crippen molar-refractivity contribution in [2.75, 3.05) is 34.4 Å². The zero-order chi connectivity index (χ0) is 40.3. The van der Waals surface area contributed by atoms with Gasteiger partial charge >= 0.3 is 11.9 Å². The topological polar surface area (TPSA) is 190 Å². The number of aliphatic carboxylic acids is 2. The smallest absolute Gasteiger partial charge is 0.303 e. The molecule has 0 aromatic heterocycles. The molecule has 2 heterocycles. The Kier molecular flexibility index (Phi) is 15.1. The lowest BCUT2D eigenvalue weighted by Gasteiger charge is -2.35. The van der Waals surface area contributed by atoms with Gasteiger partial charge in [-0.3, -0.25) is 18.7 Å². The summed E-state index contributed by atoms with van der Waals surface area (Å²) in [5.74, 6) is -2.35. The summed E-state index contributed by atoms with van der Waals surface area (Å²) in [6, 6.07) is 15.8. The lowest BCUT2D eigenvalue weighted by molar-refractivity contribution is -0.138. The Morgan fingerprint density at radius 1 is 0.673 bits per heavy atom. The zero-order valence-electron chi connectivity index (χ0n) is 31.6. The van der Waals surface area contributed by atoms with Crippen LogP contribution in [0, 0.1) is 0 Å². The summed E-state index contributed by atoms with van der Waals surface area (Å²) in [6.45, 7) is 5.30. The zero-order valence-corrected chi connectivity index (χ0v) is 33.2. The van der Waals surface area contributed by atoms with Gasteiger partial charge in [0, 0.05) is 53.8 Å². The van der Waals surface area contributed by atoms with E-state index in [1.165, 1.54) is 0 Å². The van der Waals surface area contributed by atoms with Crippen molar-refractivity contribution in [1.29, 1.82) is 0 Å². The number of hydrogen-bond acceptors (Lipinski definition) is 8. The van der Waals surface area contributed by atoms with Gasteiger partial charge in [0.05, 0.1) is 17.5 Å². The number of carboxylic acids is 2. The quantitative estimate of drug-likeness (QED) is 0.0529. The highest BCUT2D eigenvalue weighted by molar-refractivity contribution is 7.86. The summed E-state index contributed by atoms with van der Waals surface area (Å²) in [6.07, 6.45) is 17.6. The molecule has 2 aliphatic heterocycles. The molecule has 14 heteroatoms. The van der Waals surface area contributed by atoms with Crippen LogP contribution in [0.3, 0.4) is 0 Å². The number of rotatable bonds is 22. The Morgan fingerprint density at radius 3 is 1.82 bits per heavy atom. The summed E-state index contributed by atoms with van der Waals surface area (Å²) in [7, 11) is -8.14. The number of carbonyl (C=O) groups is 2. The predicted molar refractivity (Wildman–Crippen MR) is 216 cm³/mol. The molecule has 0 amide bonds. The SMILES string of the molecule is CC1(CCCC(=O)O)C(=CC=CC=CC=CC2N(CCCCS(=O)(=O)O)c3ccccc3C2(C)CCCC(=O)O)N(CCCCS(=O)(=O)O)c2ccccc21. The van der Waals surface area contributed by atoms with Gasteiger partial charge in [-0.1, -0.05) is 79.8 Å². The van der Waals surface area contributed by atoms with Gasteiger partial charge in [-0.05, 0) is 87.6 Å². The van der Waals surface area contributed by atoms with Crippen LogP contribution >= 0.6 is 0 Å². The summed E-state index contributed by atoms with van der Waals surface area (Å²) in [4.78, 5) is 27.2. The van der Waals surface area contributed by atoms with Crippen molar-refractivity contribution in [3.63, 3.8) is 0 Å². The van der Waals surface area contributed by atoms with Crippen LogP contribution in [0.2, 0.25) is 0 Å². The Bertz CT molecular complexity index is 2010. The third-order valence-electron chi connectivity index (χ3n) is 10.7. The van der Waals surface area contributed by atoms with Crippen LogP contribution in [0.15, 0.2) is 96.8 Å². The fraction of sp³-hybridized carbons (Fsp3) is 0.463. The lowest BCUT2D eigenvalue weighted by Crippen LogP contribution is -2.42. The number of anilines is 2. The van der Waals surface area contributed by atoms with Gasteiger partial charge in [0.1, 0.15) is 0 Å². The van der Waals surface area contributed by atoms with Crippen LogP contribution in [0.4, 0.5) is 11.4 Å². The molecule has 2 aromatic rings. The Morgan fingerprint density at radius 2 is 1.20 bits per heavy atom. The largest absolute Gasteiger partial charge is 0.481 e. The molecule has 2 aliphatic rings. The second-order valence-corrected chi connectivity index (χ2v) is 17.9. The number of hydrogen-bond donors (Lipinski definition) is 4. The number of carboxylic acid groups (broad SMARTS) is 2. The summed E-state index contributed by atoms with van der Waals surface area (Å²) in [5.41, 5.74) is 4.24. The normalized spacial score (nSPS) is 22.0. The van der Waals surface area contributed by atoms with Crippen molar-refractivity contribution in [3.05, 3.63) is 108 Å². The minimum Gasteiger partial charge on any atom is -0.481 e. The first kappa shape index (κ1) is 43.5. The molecule has 4 N–H and O–H groups in total. The number of allylic oxidation sites excluding steroid dienone is 7. The van der Waals surface area contributed by atoms with Crippen molar-refractivity contribution >= 4 is 43.5 Å². The molecule has 0 aliphatic carbocycles. The maximum atomic E-state index is 11.4. The maximum absolute atomic E-state index is 11.4. The minimum atomic E-state index is -4.07. The van der Waals surface area contributed by atoms with E-state index in [0.29, 0.717) is 58.0 Å². The number of benzene rings is 2. The second kappa shape index (κ2) is 19.1. The van der Waals surface area contributed by atoms with E-state index in [-0.39, 0.29) is 36.8 Å². The highest BCUT2D eigenvalue weighted by Crippen LogP contribution is 2.51. The van der Waals surface area contributed by atoms with Crippen LogP contribution in [-0.2, 0) is 40.7 Å². The molecule has 0 saturated carbocycles. The van der Waals surface area contributed by atoms with Crippen LogP contribution in [0.25, 0.3) is 0 Å². The van der Waals surface area contributed by atoms with Gasteiger partial charge < -0.3 is 20.0 Å². The average molecular weight is 799 g/mol. The molecular weight excluding hydrogens is 745 g/mol. The number of nitrogens with zero attached hydrogens (tertiary/aromatic N) is 2. The van der Waals surface area contributed by atoms with E-state index in [1.807, 2.05) is 78.9 Å². The van der Waals surface area contributed by atoms with E-state index >= 15 is 0 Å². The first-order valence-electron chi connectivity index (χ1n) is 18.8. The molecular formula is C41H54N2O10S2. The number of unbranched alkanes of at least 4 members (excludes halogenated alkanes) is 2. The van der Waals surface area contributed by atoms with Crippen molar-refractivity contribution in [2.45, 2.75) is 94.9 Å². The fourth-order valence-electron chi connectivity index (χ4n) is 8.07. The van der Waals surface area contributed by atoms with Crippen molar-refractivity contribution in [2.24, 2.45) is 0 Å². The monoisotopic (exact) mass is 798 g/mol. The standard InChI is InChI=1S/C41H54N2O10S2/c1-40(26-16-24-38(44)45)32-18-8-10-20-34(32)42(28-12-14-30-54(48,49)50)36(40)22-6-4-3-5-7-23-37-41(2,27-17-25-39(46)47)33-19-9-11-21-35(33)43(37)29-13-15-31-55(51,52)53/h3-11,18-23,36H,12-17,24-31H2,1-2H3,(H,44,45)(H,46,47)(H,48,49,50)(H,51,52,53). The Hall–Kier alpha value is -4.24. The molecule has 4 rings (SSSR count). The van der Waals surface area contributed by atoms with Gasteiger partial charge in [0.25, 0.3) is 20.2 Å².